The Balaban J connectivity index is 1.73. The third-order valence-electron chi connectivity index (χ3n) is 4.80. The number of methoxy groups -OCH3 is 2. The van der Waals surface area contributed by atoms with Crippen LogP contribution in [0.2, 0.25) is 0 Å². The summed E-state index contributed by atoms with van der Waals surface area (Å²) in [5.74, 6) is 0.993. The van der Waals surface area contributed by atoms with Gasteiger partial charge in [-0.05, 0) is 37.1 Å². The van der Waals surface area contributed by atoms with Gasteiger partial charge in [0.25, 0.3) is 0 Å². The van der Waals surface area contributed by atoms with Crippen molar-refractivity contribution in [1.29, 1.82) is 0 Å². The number of urea groups is 1. The number of rotatable bonds is 6. The maximum Gasteiger partial charge on any atom is 0.322 e. The number of sulfone groups is 1. The molecule has 7 nitrogen and oxygen atoms in total. The van der Waals surface area contributed by atoms with Gasteiger partial charge in [-0.15, -0.1) is 0 Å². The van der Waals surface area contributed by atoms with E-state index in [0.717, 1.165) is 6.42 Å². The lowest BCUT2D eigenvalue weighted by Gasteiger charge is -2.25. The number of hydrogen-bond acceptors (Lipinski definition) is 5. The van der Waals surface area contributed by atoms with Crippen LogP contribution >= 0.6 is 0 Å². The third kappa shape index (κ3) is 4.39. The van der Waals surface area contributed by atoms with E-state index in [2.05, 4.69) is 5.32 Å². The van der Waals surface area contributed by atoms with Crippen LogP contribution in [0.1, 0.15) is 12.8 Å². The Kier molecular flexibility index (Phi) is 6.08. The maximum atomic E-state index is 12.8. The van der Waals surface area contributed by atoms with Gasteiger partial charge in [-0.25, -0.2) is 13.2 Å². The monoisotopic (exact) mass is 404 g/mol. The quantitative estimate of drug-likeness (QED) is 0.799. The minimum atomic E-state index is -3.47. The summed E-state index contributed by atoms with van der Waals surface area (Å²) in [6.07, 6.45) is 1.42. The summed E-state index contributed by atoms with van der Waals surface area (Å²) in [6.45, 7) is 0.513. The number of hydrogen-bond donors (Lipinski definition) is 1. The van der Waals surface area contributed by atoms with E-state index in [-0.39, 0.29) is 22.7 Å². The zero-order valence-corrected chi connectivity index (χ0v) is 16.7. The molecule has 1 fully saturated rings. The second kappa shape index (κ2) is 8.52. The van der Waals surface area contributed by atoms with Crippen molar-refractivity contribution >= 4 is 21.6 Å². The number of likely N-dealkylation sites (tertiary alicyclic amines) is 1. The van der Waals surface area contributed by atoms with Crippen LogP contribution in [0.3, 0.4) is 0 Å². The second-order valence-electron chi connectivity index (χ2n) is 6.58. The van der Waals surface area contributed by atoms with Gasteiger partial charge in [0.05, 0.1) is 30.6 Å². The smallest absolute Gasteiger partial charge is 0.322 e. The summed E-state index contributed by atoms with van der Waals surface area (Å²) in [6, 6.07) is 12.7. The SMILES string of the molecule is COc1ccc(NC(=O)N2CCCC2CS(=O)(=O)c2ccccc2)c(OC)c1. The molecule has 150 valence electrons. The zero-order valence-electron chi connectivity index (χ0n) is 15.9. The summed E-state index contributed by atoms with van der Waals surface area (Å²) in [7, 11) is -0.408. The molecule has 0 spiro atoms. The highest BCUT2D eigenvalue weighted by Crippen LogP contribution is 2.30. The predicted octanol–water partition coefficient (Wildman–Crippen LogP) is 3.17. The van der Waals surface area contributed by atoms with E-state index >= 15 is 0 Å². The molecule has 1 saturated heterocycles. The van der Waals surface area contributed by atoms with Crippen LogP contribution in [-0.2, 0) is 9.84 Å². The molecule has 8 heteroatoms. The van der Waals surface area contributed by atoms with Crippen LogP contribution in [0.5, 0.6) is 11.5 Å². The molecule has 1 aliphatic heterocycles. The summed E-state index contributed by atoms with van der Waals surface area (Å²) in [5.41, 5.74) is 0.505. The summed E-state index contributed by atoms with van der Waals surface area (Å²) in [4.78, 5) is 14.7. The molecule has 0 radical (unpaired) electrons. The minimum Gasteiger partial charge on any atom is -0.497 e. The largest absolute Gasteiger partial charge is 0.497 e. The van der Waals surface area contributed by atoms with Crippen LogP contribution < -0.4 is 14.8 Å². The topological polar surface area (TPSA) is 84.9 Å². The molecular weight excluding hydrogens is 380 g/mol. The number of nitrogens with one attached hydrogen (secondary N) is 1. The van der Waals surface area contributed by atoms with Gasteiger partial charge in [0.2, 0.25) is 0 Å². The van der Waals surface area contributed by atoms with Crippen molar-refractivity contribution < 1.29 is 22.7 Å². The van der Waals surface area contributed by atoms with E-state index in [1.54, 1.807) is 60.5 Å². The lowest BCUT2D eigenvalue weighted by Crippen LogP contribution is -2.42. The molecule has 0 aromatic heterocycles. The van der Waals surface area contributed by atoms with Gasteiger partial charge in [0.1, 0.15) is 11.5 Å². The Bertz CT molecular complexity index is 931. The minimum absolute atomic E-state index is 0.0931. The summed E-state index contributed by atoms with van der Waals surface area (Å²) < 4.78 is 35.9. The third-order valence-corrected chi connectivity index (χ3v) is 6.62. The molecule has 0 saturated carbocycles. The van der Waals surface area contributed by atoms with Crippen molar-refractivity contribution in [3.05, 3.63) is 48.5 Å². The van der Waals surface area contributed by atoms with Crippen molar-refractivity contribution in [2.45, 2.75) is 23.8 Å². The molecule has 1 heterocycles. The number of anilines is 1. The van der Waals surface area contributed by atoms with Crippen LogP contribution in [-0.4, -0.2) is 51.9 Å². The summed E-state index contributed by atoms with van der Waals surface area (Å²) in [5, 5.41) is 2.82. The van der Waals surface area contributed by atoms with Gasteiger partial charge >= 0.3 is 6.03 Å². The van der Waals surface area contributed by atoms with E-state index < -0.39 is 9.84 Å². The van der Waals surface area contributed by atoms with Gasteiger partial charge in [-0.3, -0.25) is 0 Å². The molecule has 2 aromatic carbocycles. The lowest BCUT2D eigenvalue weighted by atomic mass is 10.2. The molecule has 1 N–H and O–H groups in total. The fraction of sp³-hybridized carbons (Fsp3) is 0.350. The molecule has 2 aromatic rings. The van der Waals surface area contributed by atoms with Crippen molar-refractivity contribution in [3.8, 4) is 11.5 Å². The van der Waals surface area contributed by atoms with E-state index in [1.165, 1.54) is 7.11 Å². The molecule has 1 aliphatic rings. The van der Waals surface area contributed by atoms with Crippen LogP contribution in [0.25, 0.3) is 0 Å². The number of nitrogens with zero attached hydrogens (tertiary/aromatic N) is 1. The van der Waals surface area contributed by atoms with E-state index in [0.29, 0.717) is 30.2 Å². The average Bonchev–Trinajstić information content (AvgIpc) is 3.16. The Hall–Kier alpha value is -2.74. The van der Waals surface area contributed by atoms with Gasteiger partial charge < -0.3 is 19.7 Å². The molecule has 0 bridgehead atoms. The fourth-order valence-electron chi connectivity index (χ4n) is 3.34. The highest BCUT2D eigenvalue weighted by atomic mass is 32.2. The van der Waals surface area contributed by atoms with Crippen molar-refractivity contribution in [1.82, 2.24) is 4.90 Å². The number of amides is 2. The normalized spacial score (nSPS) is 16.6. The molecule has 2 amide bonds. The Morgan fingerprint density at radius 1 is 1.14 bits per heavy atom. The van der Waals surface area contributed by atoms with Crippen LogP contribution in [0.4, 0.5) is 10.5 Å². The molecule has 3 rings (SSSR count). The number of carbonyl (C=O) groups excluding carboxylic acids is 1. The van der Waals surface area contributed by atoms with E-state index in [1.807, 2.05) is 0 Å². The maximum absolute atomic E-state index is 12.8. The van der Waals surface area contributed by atoms with Gasteiger partial charge in [0.15, 0.2) is 9.84 Å². The van der Waals surface area contributed by atoms with E-state index in [9.17, 15) is 13.2 Å². The molecule has 28 heavy (non-hydrogen) atoms. The first-order valence-corrected chi connectivity index (χ1v) is 10.7. The van der Waals surface area contributed by atoms with Gasteiger partial charge in [-0.2, -0.15) is 0 Å². The van der Waals surface area contributed by atoms with Crippen molar-refractivity contribution in [2.75, 3.05) is 31.8 Å². The Morgan fingerprint density at radius 2 is 1.89 bits per heavy atom. The molecular formula is C20H24N2O5S. The molecule has 0 aliphatic carbocycles. The predicted molar refractivity (Wildman–Crippen MR) is 107 cm³/mol. The first-order chi connectivity index (χ1) is 13.4. The average molecular weight is 404 g/mol. The number of carbonyl (C=O) groups is 1. The lowest BCUT2D eigenvalue weighted by molar-refractivity contribution is 0.210. The van der Waals surface area contributed by atoms with Crippen molar-refractivity contribution in [3.63, 3.8) is 0 Å². The summed E-state index contributed by atoms with van der Waals surface area (Å²) >= 11 is 0. The Morgan fingerprint density at radius 3 is 2.57 bits per heavy atom. The number of benzene rings is 2. The van der Waals surface area contributed by atoms with Gasteiger partial charge in [-0.1, -0.05) is 18.2 Å². The zero-order chi connectivity index (χ0) is 20.1. The number of ether oxygens (including phenoxy) is 2. The van der Waals surface area contributed by atoms with Crippen molar-refractivity contribution in [2.24, 2.45) is 0 Å². The van der Waals surface area contributed by atoms with Crippen LogP contribution in [0, 0.1) is 0 Å². The highest BCUT2D eigenvalue weighted by Gasteiger charge is 2.33. The first-order valence-electron chi connectivity index (χ1n) is 9.02. The molecule has 1 unspecified atom stereocenters. The highest BCUT2D eigenvalue weighted by molar-refractivity contribution is 7.91. The first kappa shape index (κ1) is 20.0. The van der Waals surface area contributed by atoms with Gasteiger partial charge in [0, 0.05) is 18.7 Å². The standard InChI is InChI=1S/C20H24N2O5S/c1-26-16-10-11-18(19(13-16)27-2)21-20(23)22-12-6-7-15(22)14-28(24,25)17-8-4-3-5-9-17/h3-5,8-11,13,15H,6-7,12,14H2,1-2H3,(H,21,23). The fourth-order valence-corrected chi connectivity index (χ4v) is 4.96. The Labute approximate surface area is 165 Å². The second-order valence-corrected chi connectivity index (χ2v) is 8.61. The van der Waals surface area contributed by atoms with Crippen LogP contribution in [0.15, 0.2) is 53.4 Å². The van der Waals surface area contributed by atoms with E-state index in [4.69, 9.17) is 9.47 Å². The molecule has 1 atom stereocenters.